The molecule has 0 saturated carbocycles. The molecule has 1 aliphatic rings. The van der Waals surface area contributed by atoms with E-state index < -0.39 is 17.7 Å². The zero-order valence-corrected chi connectivity index (χ0v) is 12.3. The van der Waals surface area contributed by atoms with Crippen molar-refractivity contribution < 1.29 is 19.1 Å². The van der Waals surface area contributed by atoms with E-state index in [4.69, 9.17) is 4.74 Å². The maximum atomic E-state index is 12.2. The van der Waals surface area contributed by atoms with Gasteiger partial charge < -0.3 is 10.1 Å². The van der Waals surface area contributed by atoms with Crippen molar-refractivity contribution in [3.63, 3.8) is 0 Å². The third kappa shape index (κ3) is 2.64. The molecule has 23 heavy (non-hydrogen) atoms. The molecule has 1 N–H and O–H groups in total. The summed E-state index contributed by atoms with van der Waals surface area (Å²) in [5.41, 5.74) is 0.941. The molecule has 1 aromatic heterocycles. The van der Waals surface area contributed by atoms with Crippen LogP contribution in [0.2, 0.25) is 0 Å². The second-order valence-electron chi connectivity index (χ2n) is 4.87. The molecule has 7 heteroatoms. The van der Waals surface area contributed by atoms with Crippen LogP contribution in [0.15, 0.2) is 42.7 Å². The summed E-state index contributed by atoms with van der Waals surface area (Å²) < 4.78 is 5.14. The normalized spacial score (nSPS) is 13.0. The number of pyridine rings is 1. The first-order chi connectivity index (χ1) is 11.1. The molecule has 0 aliphatic carbocycles. The van der Waals surface area contributed by atoms with E-state index in [-0.39, 0.29) is 17.7 Å². The molecule has 0 radical (unpaired) electrons. The van der Waals surface area contributed by atoms with Crippen molar-refractivity contribution in [2.45, 2.75) is 0 Å². The number of carbonyl (C=O) groups excluding carboxylic acids is 3. The Hall–Kier alpha value is -3.22. The molecule has 3 amide bonds. The molecule has 1 aliphatic heterocycles. The van der Waals surface area contributed by atoms with Crippen molar-refractivity contribution in [1.29, 1.82) is 0 Å². The third-order valence-corrected chi connectivity index (χ3v) is 3.45. The number of amides is 3. The van der Waals surface area contributed by atoms with Crippen LogP contribution in [0, 0.1) is 0 Å². The zero-order chi connectivity index (χ0) is 16.4. The summed E-state index contributed by atoms with van der Waals surface area (Å²) in [5.74, 6) is -1.01. The van der Waals surface area contributed by atoms with E-state index in [0.717, 1.165) is 4.90 Å². The third-order valence-electron chi connectivity index (χ3n) is 3.45. The number of methoxy groups -OCH3 is 1. The Morgan fingerprint density at radius 2 is 1.91 bits per heavy atom. The van der Waals surface area contributed by atoms with Crippen LogP contribution in [0.1, 0.15) is 20.7 Å². The van der Waals surface area contributed by atoms with Gasteiger partial charge >= 0.3 is 0 Å². The summed E-state index contributed by atoms with van der Waals surface area (Å²) in [6, 6.07) is 8.34. The van der Waals surface area contributed by atoms with E-state index in [1.807, 2.05) is 0 Å². The quantitative estimate of drug-likeness (QED) is 0.860. The van der Waals surface area contributed by atoms with Crippen LogP contribution in [0.3, 0.4) is 0 Å². The summed E-state index contributed by atoms with van der Waals surface area (Å²) >= 11 is 0. The van der Waals surface area contributed by atoms with Gasteiger partial charge in [-0.05, 0) is 18.2 Å². The minimum Gasteiger partial charge on any atom is -0.495 e. The van der Waals surface area contributed by atoms with E-state index in [0.29, 0.717) is 11.4 Å². The van der Waals surface area contributed by atoms with Gasteiger partial charge in [0.25, 0.3) is 11.8 Å². The molecule has 2 aromatic rings. The van der Waals surface area contributed by atoms with Crippen LogP contribution in [-0.2, 0) is 4.79 Å². The molecule has 0 fully saturated rings. The highest BCUT2D eigenvalue weighted by molar-refractivity contribution is 6.22. The fourth-order valence-electron chi connectivity index (χ4n) is 2.36. The van der Waals surface area contributed by atoms with Crippen molar-refractivity contribution in [3.8, 4) is 5.75 Å². The van der Waals surface area contributed by atoms with Crippen LogP contribution in [-0.4, -0.2) is 41.3 Å². The minimum absolute atomic E-state index is 0.211. The fraction of sp³-hybridized carbons (Fsp3) is 0.125. The number of ether oxygens (including phenoxy) is 1. The monoisotopic (exact) mass is 311 g/mol. The van der Waals surface area contributed by atoms with Crippen molar-refractivity contribution in [1.82, 2.24) is 9.88 Å². The number of rotatable bonds is 4. The van der Waals surface area contributed by atoms with E-state index in [1.54, 1.807) is 24.3 Å². The summed E-state index contributed by atoms with van der Waals surface area (Å²) in [6.07, 6.45) is 2.76. The highest BCUT2D eigenvalue weighted by Gasteiger charge is 2.36. The van der Waals surface area contributed by atoms with Gasteiger partial charge in [-0.1, -0.05) is 12.1 Å². The highest BCUT2D eigenvalue weighted by atomic mass is 16.5. The van der Waals surface area contributed by atoms with Gasteiger partial charge in [-0.25, -0.2) is 0 Å². The lowest BCUT2D eigenvalue weighted by atomic mass is 10.2. The van der Waals surface area contributed by atoms with Gasteiger partial charge in [0.05, 0.1) is 23.9 Å². The maximum Gasteiger partial charge on any atom is 0.263 e. The van der Waals surface area contributed by atoms with Gasteiger partial charge in [-0.2, -0.15) is 0 Å². The smallest absolute Gasteiger partial charge is 0.263 e. The van der Waals surface area contributed by atoms with Crippen LogP contribution < -0.4 is 10.1 Å². The molecule has 0 saturated heterocycles. The fourth-order valence-corrected chi connectivity index (χ4v) is 2.36. The van der Waals surface area contributed by atoms with E-state index in [1.165, 1.54) is 25.6 Å². The molecule has 0 spiro atoms. The standard InChI is InChI=1S/C16H13N3O4/c1-23-13-5-3-2-4-12(13)18-14(20)9-19-15(21)10-6-7-17-8-11(10)16(19)22/h2-8H,9H2,1H3,(H,18,20). The van der Waals surface area contributed by atoms with E-state index in [2.05, 4.69) is 10.3 Å². The van der Waals surface area contributed by atoms with Gasteiger partial charge in [-0.15, -0.1) is 0 Å². The Morgan fingerprint density at radius 3 is 2.65 bits per heavy atom. The Balaban J connectivity index is 1.74. The lowest BCUT2D eigenvalue weighted by Crippen LogP contribution is -2.37. The van der Waals surface area contributed by atoms with Crippen LogP contribution >= 0.6 is 0 Å². The summed E-state index contributed by atoms with van der Waals surface area (Å²) in [4.78, 5) is 41.2. The zero-order valence-electron chi connectivity index (χ0n) is 12.3. The molecular weight excluding hydrogens is 298 g/mol. The molecule has 7 nitrogen and oxygen atoms in total. The number of anilines is 1. The predicted octanol–water partition coefficient (Wildman–Crippen LogP) is 1.32. The summed E-state index contributed by atoms with van der Waals surface area (Å²) in [6.45, 7) is -0.371. The Labute approximate surface area is 131 Å². The second kappa shape index (κ2) is 5.88. The Bertz CT molecular complexity index is 768. The van der Waals surface area contributed by atoms with Gasteiger partial charge in [0.15, 0.2) is 0 Å². The molecular formula is C16H13N3O4. The largest absolute Gasteiger partial charge is 0.495 e. The number of nitrogens with zero attached hydrogens (tertiary/aromatic N) is 2. The van der Waals surface area contributed by atoms with Crippen molar-refractivity contribution in [2.24, 2.45) is 0 Å². The number of carbonyl (C=O) groups is 3. The van der Waals surface area contributed by atoms with Crippen molar-refractivity contribution in [2.75, 3.05) is 19.0 Å². The molecule has 2 heterocycles. The number of nitrogens with one attached hydrogen (secondary N) is 1. The molecule has 0 unspecified atom stereocenters. The maximum absolute atomic E-state index is 12.2. The Kier molecular flexibility index (Phi) is 3.76. The molecule has 0 bridgehead atoms. The molecule has 116 valence electrons. The first kappa shape index (κ1) is 14.7. The number of benzene rings is 1. The molecule has 3 rings (SSSR count). The van der Waals surface area contributed by atoms with Gasteiger partial charge in [0.1, 0.15) is 12.3 Å². The highest BCUT2D eigenvalue weighted by Crippen LogP contribution is 2.24. The number of para-hydroxylation sites is 2. The second-order valence-corrected chi connectivity index (χ2v) is 4.87. The van der Waals surface area contributed by atoms with Gasteiger partial charge in [-0.3, -0.25) is 24.3 Å². The van der Waals surface area contributed by atoms with Crippen LogP contribution in [0.4, 0.5) is 5.69 Å². The topological polar surface area (TPSA) is 88.6 Å². The number of imide groups is 1. The number of hydrogen-bond acceptors (Lipinski definition) is 5. The van der Waals surface area contributed by atoms with Crippen molar-refractivity contribution >= 4 is 23.4 Å². The lowest BCUT2D eigenvalue weighted by molar-refractivity contribution is -0.116. The first-order valence-electron chi connectivity index (χ1n) is 6.85. The first-order valence-corrected chi connectivity index (χ1v) is 6.85. The summed E-state index contributed by atoms with van der Waals surface area (Å²) in [5, 5.41) is 2.63. The summed E-state index contributed by atoms with van der Waals surface area (Å²) in [7, 11) is 1.49. The molecule has 1 aromatic carbocycles. The van der Waals surface area contributed by atoms with Crippen LogP contribution in [0.25, 0.3) is 0 Å². The van der Waals surface area contributed by atoms with Crippen LogP contribution in [0.5, 0.6) is 5.75 Å². The van der Waals surface area contributed by atoms with E-state index >= 15 is 0 Å². The average Bonchev–Trinajstić information content (AvgIpc) is 2.81. The van der Waals surface area contributed by atoms with E-state index in [9.17, 15) is 14.4 Å². The minimum atomic E-state index is -0.520. The average molecular weight is 311 g/mol. The van der Waals surface area contributed by atoms with Crippen molar-refractivity contribution in [3.05, 3.63) is 53.9 Å². The SMILES string of the molecule is COc1ccccc1NC(=O)CN1C(=O)c2ccncc2C1=O. The number of aromatic nitrogens is 1. The number of hydrogen-bond donors (Lipinski definition) is 1. The van der Waals surface area contributed by atoms with Gasteiger partial charge in [0, 0.05) is 12.4 Å². The Morgan fingerprint density at radius 1 is 1.17 bits per heavy atom. The van der Waals surface area contributed by atoms with Gasteiger partial charge in [0.2, 0.25) is 5.91 Å². The molecule has 0 atom stereocenters. The predicted molar refractivity (Wildman–Crippen MR) is 81.2 cm³/mol. The lowest BCUT2D eigenvalue weighted by Gasteiger charge is -2.14. The number of fused-ring (bicyclic) bond motifs is 1.